The molecule has 0 saturated heterocycles. The van der Waals surface area contributed by atoms with Gasteiger partial charge >= 0.3 is 0 Å². The number of nitrogens with zero attached hydrogens (tertiary/aromatic N) is 2. The Morgan fingerprint density at radius 3 is 2.26 bits per heavy atom. The van der Waals surface area contributed by atoms with Gasteiger partial charge in [-0.05, 0) is 31.5 Å². The van der Waals surface area contributed by atoms with E-state index in [0.29, 0.717) is 11.7 Å². The molecule has 0 aliphatic carbocycles. The Hall–Kier alpha value is -1.27. The third-order valence-corrected chi connectivity index (χ3v) is 5.22. The SMILES string of the molecule is CCC(C)N(C)c1ccc(S(=O)(=O)N(C)C)cc1N. The van der Waals surface area contributed by atoms with E-state index >= 15 is 0 Å². The van der Waals surface area contributed by atoms with Crippen molar-refractivity contribution in [1.29, 1.82) is 0 Å². The summed E-state index contributed by atoms with van der Waals surface area (Å²) in [4.78, 5) is 2.28. The minimum atomic E-state index is -3.43. The van der Waals surface area contributed by atoms with Crippen molar-refractivity contribution >= 4 is 21.4 Å². The van der Waals surface area contributed by atoms with Crippen molar-refractivity contribution in [3.05, 3.63) is 18.2 Å². The molecule has 1 atom stereocenters. The van der Waals surface area contributed by atoms with Crippen LogP contribution in [0.5, 0.6) is 0 Å². The number of hydrogen-bond donors (Lipinski definition) is 1. The fourth-order valence-electron chi connectivity index (χ4n) is 1.74. The Kier molecular flexibility index (Phi) is 4.81. The van der Waals surface area contributed by atoms with Crippen molar-refractivity contribution in [3.8, 4) is 0 Å². The molecule has 6 heteroatoms. The molecule has 1 rings (SSSR count). The van der Waals surface area contributed by atoms with E-state index in [1.165, 1.54) is 24.5 Å². The van der Waals surface area contributed by atoms with Gasteiger partial charge in [0.25, 0.3) is 0 Å². The van der Waals surface area contributed by atoms with E-state index in [1.54, 1.807) is 12.1 Å². The predicted molar refractivity (Wildman–Crippen MR) is 79.9 cm³/mol. The second-order valence-electron chi connectivity index (χ2n) is 4.88. The van der Waals surface area contributed by atoms with E-state index in [4.69, 9.17) is 5.73 Å². The molecule has 0 amide bonds. The molecule has 5 nitrogen and oxygen atoms in total. The molecule has 0 aliphatic heterocycles. The van der Waals surface area contributed by atoms with Gasteiger partial charge in [-0.25, -0.2) is 12.7 Å². The molecular weight excluding hydrogens is 262 g/mol. The smallest absolute Gasteiger partial charge is 0.242 e. The highest BCUT2D eigenvalue weighted by Crippen LogP contribution is 2.28. The molecule has 0 bridgehead atoms. The quantitative estimate of drug-likeness (QED) is 0.837. The lowest BCUT2D eigenvalue weighted by Crippen LogP contribution is -2.29. The largest absolute Gasteiger partial charge is 0.397 e. The van der Waals surface area contributed by atoms with Gasteiger partial charge in [0.05, 0.1) is 16.3 Å². The molecule has 0 aliphatic rings. The molecular formula is C13H23N3O2S. The lowest BCUT2D eigenvalue weighted by atomic mass is 10.2. The summed E-state index contributed by atoms with van der Waals surface area (Å²) in [5.41, 5.74) is 7.32. The zero-order valence-electron chi connectivity index (χ0n) is 12.2. The first-order chi connectivity index (χ1) is 8.71. The van der Waals surface area contributed by atoms with Crippen LogP contribution in [0.4, 0.5) is 11.4 Å². The minimum absolute atomic E-state index is 0.219. The lowest BCUT2D eigenvalue weighted by molar-refractivity contribution is 0.521. The summed E-state index contributed by atoms with van der Waals surface area (Å²) in [7, 11) is 1.53. The van der Waals surface area contributed by atoms with Crippen LogP contribution in [0.1, 0.15) is 20.3 Å². The first-order valence-electron chi connectivity index (χ1n) is 6.26. The van der Waals surface area contributed by atoms with Crippen molar-refractivity contribution < 1.29 is 8.42 Å². The van der Waals surface area contributed by atoms with Gasteiger partial charge in [-0.2, -0.15) is 0 Å². The molecule has 0 radical (unpaired) electrons. The number of rotatable bonds is 5. The van der Waals surface area contributed by atoms with Gasteiger partial charge in [-0.1, -0.05) is 6.92 Å². The van der Waals surface area contributed by atoms with Gasteiger partial charge in [-0.15, -0.1) is 0 Å². The van der Waals surface area contributed by atoms with Crippen molar-refractivity contribution in [2.45, 2.75) is 31.2 Å². The Bertz CT molecular complexity index is 541. The van der Waals surface area contributed by atoms with Crippen LogP contribution < -0.4 is 10.6 Å². The monoisotopic (exact) mass is 285 g/mol. The Morgan fingerprint density at radius 1 is 1.26 bits per heavy atom. The van der Waals surface area contributed by atoms with Crippen LogP contribution in [0, 0.1) is 0 Å². The van der Waals surface area contributed by atoms with Gasteiger partial charge in [0, 0.05) is 27.2 Å². The summed E-state index contributed by atoms with van der Waals surface area (Å²) in [5, 5.41) is 0. The van der Waals surface area contributed by atoms with Crippen LogP contribution in [0.15, 0.2) is 23.1 Å². The Morgan fingerprint density at radius 2 is 1.84 bits per heavy atom. The summed E-state index contributed by atoms with van der Waals surface area (Å²) >= 11 is 0. The maximum atomic E-state index is 12.0. The molecule has 0 heterocycles. The molecule has 0 saturated carbocycles. The van der Waals surface area contributed by atoms with Gasteiger partial charge in [-0.3, -0.25) is 0 Å². The van der Waals surface area contributed by atoms with E-state index in [9.17, 15) is 8.42 Å². The van der Waals surface area contributed by atoms with E-state index in [1.807, 2.05) is 7.05 Å². The van der Waals surface area contributed by atoms with E-state index in [-0.39, 0.29) is 4.90 Å². The summed E-state index contributed by atoms with van der Waals surface area (Å²) in [5.74, 6) is 0. The molecule has 108 valence electrons. The third-order valence-electron chi connectivity index (χ3n) is 3.41. The maximum absolute atomic E-state index is 12.0. The molecule has 0 fully saturated rings. The van der Waals surface area contributed by atoms with E-state index in [2.05, 4.69) is 18.7 Å². The Balaban J connectivity index is 3.19. The number of nitrogens with two attached hydrogens (primary N) is 1. The van der Waals surface area contributed by atoms with E-state index < -0.39 is 10.0 Å². The standard InChI is InChI=1S/C13H23N3O2S/c1-6-10(2)16(5)13-8-7-11(9-12(13)14)19(17,18)15(3)4/h7-10H,6,14H2,1-5H3. The molecule has 1 aromatic rings. The van der Waals surface area contributed by atoms with Crippen molar-refractivity contribution in [3.63, 3.8) is 0 Å². The highest BCUT2D eigenvalue weighted by Gasteiger charge is 2.19. The minimum Gasteiger partial charge on any atom is -0.397 e. The van der Waals surface area contributed by atoms with Gasteiger partial charge in [0.15, 0.2) is 0 Å². The second-order valence-corrected chi connectivity index (χ2v) is 7.03. The topological polar surface area (TPSA) is 66.6 Å². The number of hydrogen-bond acceptors (Lipinski definition) is 4. The van der Waals surface area contributed by atoms with Crippen molar-refractivity contribution in [1.82, 2.24) is 4.31 Å². The second kappa shape index (κ2) is 5.79. The van der Waals surface area contributed by atoms with Gasteiger partial charge in [0.2, 0.25) is 10.0 Å². The molecule has 2 N–H and O–H groups in total. The molecule has 1 aromatic carbocycles. The first-order valence-corrected chi connectivity index (χ1v) is 7.70. The van der Waals surface area contributed by atoms with Crippen LogP contribution in [-0.2, 0) is 10.0 Å². The van der Waals surface area contributed by atoms with Crippen molar-refractivity contribution in [2.75, 3.05) is 31.8 Å². The summed E-state index contributed by atoms with van der Waals surface area (Å²) < 4.78 is 25.2. The van der Waals surface area contributed by atoms with Crippen LogP contribution in [-0.4, -0.2) is 39.9 Å². The summed E-state index contributed by atoms with van der Waals surface area (Å²) in [6.45, 7) is 4.20. The number of sulfonamides is 1. The predicted octanol–water partition coefficient (Wildman–Crippen LogP) is 1.75. The van der Waals surface area contributed by atoms with Crippen LogP contribution in [0.3, 0.4) is 0 Å². The fraction of sp³-hybridized carbons (Fsp3) is 0.538. The van der Waals surface area contributed by atoms with Crippen LogP contribution >= 0.6 is 0 Å². The third kappa shape index (κ3) is 3.19. The van der Waals surface area contributed by atoms with Crippen LogP contribution in [0.25, 0.3) is 0 Å². The number of anilines is 2. The van der Waals surface area contributed by atoms with Gasteiger partial charge in [0.1, 0.15) is 0 Å². The first kappa shape index (κ1) is 15.8. The van der Waals surface area contributed by atoms with Crippen molar-refractivity contribution in [2.24, 2.45) is 0 Å². The molecule has 0 spiro atoms. The average Bonchev–Trinajstić information content (AvgIpc) is 2.36. The molecule has 19 heavy (non-hydrogen) atoms. The van der Waals surface area contributed by atoms with Gasteiger partial charge < -0.3 is 10.6 Å². The molecule has 0 aromatic heterocycles. The molecule has 1 unspecified atom stereocenters. The summed E-state index contributed by atoms with van der Waals surface area (Å²) in [6.07, 6.45) is 0.994. The maximum Gasteiger partial charge on any atom is 0.242 e. The summed E-state index contributed by atoms with van der Waals surface area (Å²) in [6, 6.07) is 5.22. The highest BCUT2D eigenvalue weighted by atomic mass is 32.2. The number of nitrogen functional groups attached to an aromatic ring is 1. The zero-order chi connectivity index (χ0) is 14.8. The Labute approximate surface area is 116 Å². The zero-order valence-corrected chi connectivity index (χ0v) is 13.0. The average molecular weight is 285 g/mol. The number of benzene rings is 1. The normalized spacial score (nSPS) is 13.6. The fourth-order valence-corrected chi connectivity index (χ4v) is 2.67. The highest BCUT2D eigenvalue weighted by molar-refractivity contribution is 7.89. The lowest BCUT2D eigenvalue weighted by Gasteiger charge is -2.27. The van der Waals surface area contributed by atoms with Crippen LogP contribution in [0.2, 0.25) is 0 Å². The van der Waals surface area contributed by atoms with E-state index in [0.717, 1.165) is 12.1 Å².